The molecule has 5 aromatic rings. The fourth-order valence-electron chi connectivity index (χ4n) is 4.78. The molecular weight excluding hydrogens is 372 g/mol. The third-order valence-corrected chi connectivity index (χ3v) is 6.24. The molecule has 0 bridgehead atoms. The number of carbonyl (C=O) groups excluding carboxylic acids is 1. The zero-order chi connectivity index (χ0) is 20.8. The van der Waals surface area contributed by atoms with Crippen LogP contribution in [0.4, 0.5) is 0 Å². The molecule has 6 rings (SSSR count). The molecule has 1 aliphatic carbocycles. The molecule has 0 amide bonds. The van der Waals surface area contributed by atoms with E-state index in [-0.39, 0.29) is 0 Å². The number of phenols is 1. The lowest BCUT2D eigenvalue weighted by molar-refractivity contribution is 0.0973. The molecule has 2 aromatic heterocycles. The van der Waals surface area contributed by atoms with E-state index >= 15 is 0 Å². The van der Waals surface area contributed by atoms with Crippen LogP contribution in [0.25, 0.3) is 32.7 Å². The van der Waals surface area contributed by atoms with Crippen LogP contribution >= 0.6 is 0 Å². The van der Waals surface area contributed by atoms with Crippen molar-refractivity contribution in [3.63, 3.8) is 0 Å². The lowest BCUT2D eigenvalue weighted by atomic mass is 9.94. The van der Waals surface area contributed by atoms with Crippen molar-refractivity contribution in [1.29, 1.82) is 0 Å². The topological polar surface area (TPSA) is 47.2 Å². The van der Waals surface area contributed by atoms with E-state index in [9.17, 15) is 9.90 Å². The van der Waals surface area contributed by atoms with E-state index in [1.165, 1.54) is 11.2 Å². The SMILES string of the molecule is Cn1c2c(c3ccccc31)C(=O)CCC2.Cn1c2ccccc2c2c(O)cccc21. The maximum Gasteiger partial charge on any atom is 0.165 e. The average Bonchev–Trinajstić information content (AvgIpc) is 3.23. The fourth-order valence-corrected chi connectivity index (χ4v) is 4.78. The molecular formula is C26H24N2O2. The van der Waals surface area contributed by atoms with Crippen LogP contribution in [-0.4, -0.2) is 20.0 Å². The van der Waals surface area contributed by atoms with Crippen LogP contribution in [0.2, 0.25) is 0 Å². The number of phenolic OH excluding ortho intramolecular Hbond substituents is 1. The minimum absolute atomic E-state index is 0.313. The number of rotatable bonds is 0. The monoisotopic (exact) mass is 396 g/mol. The summed E-state index contributed by atoms with van der Waals surface area (Å²) in [4.78, 5) is 11.9. The predicted octanol–water partition coefficient (Wildman–Crippen LogP) is 5.73. The summed E-state index contributed by atoms with van der Waals surface area (Å²) in [6.45, 7) is 0. The molecule has 0 atom stereocenters. The van der Waals surface area contributed by atoms with Crippen LogP contribution in [0.1, 0.15) is 28.9 Å². The highest BCUT2D eigenvalue weighted by atomic mass is 16.3. The van der Waals surface area contributed by atoms with Crippen molar-refractivity contribution >= 4 is 38.5 Å². The maximum absolute atomic E-state index is 11.9. The second-order valence-corrected chi connectivity index (χ2v) is 7.92. The molecule has 0 unspecified atom stereocenters. The standard InChI is InChI=1S/C13H13NO.C13H11NO/c2*1-14-10-6-3-2-5-9(10)13-11(14)7-4-8-12(13)15/h2-3,5-6H,4,7-8H2,1H3;2-8,15H,1H3. The number of para-hydroxylation sites is 2. The highest BCUT2D eigenvalue weighted by Crippen LogP contribution is 2.34. The van der Waals surface area contributed by atoms with Gasteiger partial charge in [0.2, 0.25) is 0 Å². The van der Waals surface area contributed by atoms with Gasteiger partial charge in [0.05, 0.1) is 5.52 Å². The minimum Gasteiger partial charge on any atom is -0.507 e. The number of aromatic nitrogens is 2. The molecule has 0 saturated carbocycles. The smallest absolute Gasteiger partial charge is 0.165 e. The van der Waals surface area contributed by atoms with Crippen LogP contribution < -0.4 is 0 Å². The second-order valence-electron chi connectivity index (χ2n) is 7.92. The quantitative estimate of drug-likeness (QED) is 0.363. The van der Waals surface area contributed by atoms with Crippen molar-refractivity contribution in [1.82, 2.24) is 9.13 Å². The Labute approximate surface area is 175 Å². The summed E-state index contributed by atoms with van der Waals surface area (Å²) in [7, 11) is 4.07. The Morgan fingerprint density at radius 3 is 2.13 bits per heavy atom. The van der Waals surface area contributed by atoms with Crippen molar-refractivity contribution in [3.05, 3.63) is 78.0 Å². The van der Waals surface area contributed by atoms with Crippen LogP contribution in [0.3, 0.4) is 0 Å². The van der Waals surface area contributed by atoms with Gasteiger partial charge in [-0.1, -0.05) is 42.5 Å². The molecule has 0 fully saturated rings. The Morgan fingerprint density at radius 2 is 1.37 bits per heavy atom. The summed E-state index contributed by atoms with van der Waals surface area (Å²) in [5, 5.41) is 13.0. The Morgan fingerprint density at radius 1 is 0.733 bits per heavy atom. The summed E-state index contributed by atoms with van der Waals surface area (Å²) in [5.74, 6) is 0.664. The van der Waals surface area contributed by atoms with Crippen molar-refractivity contribution in [2.45, 2.75) is 19.3 Å². The van der Waals surface area contributed by atoms with Gasteiger partial charge in [0, 0.05) is 59.0 Å². The average molecular weight is 396 g/mol. The van der Waals surface area contributed by atoms with Crippen molar-refractivity contribution in [3.8, 4) is 5.75 Å². The number of ketones is 1. The molecule has 150 valence electrons. The lowest BCUT2D eigenvalue weighted by Crippen LogP contribution is -2.11. The molecule has 3 aromatic carbocycles. The molecule has 0 spiro atoms. The Hall–Kier alpha value is -3.53. The number of benzene rings is 3. The Kier molecular flexibility index (Phi) is 4.35. The van der Waals surface area contributed by atoms with E-state index < -0.39 is 0 Å². The largest absolute Gasteiger partial charge is 0.507 e. The van der Waals surface area contributed by atoms with Gasteiger partial charge in [-0.05, 0) is 37.1 Å². The molecule has 2 heterocycles. The van der Waals surface area contributed by atoms with Crippen LogP contribution in [0.5, 0.6) is 5.75 Å². The van der Waals surface area contributed by atoms with Gasteiger partial charge < -0.3 is 14.2 Å². The number of aryl methyl sites for hydroxylation is 2. The van der Waals surface area contributed by atoms with Crippen LogP contribution in [0, 0.1) is 0 Å². The van der Waals surface area contributed by atoms with Gasteiger partial charge in [-0.3, -0.25) is 4.79 Å². The minimum atomic E-state index is 0.313. The predicted molar refractivity (Wildman–Crippen MR) is 122 cm³/mol. The molecule has 0 saturated heterocycles. The van der Waals surface area contributed by atoms with Gasteiger partial charge in [-0.25, -0.2) is 0 Å². The summed E-state index contributed by atoms with van der Waals surface area (Å²) in [6, 6.07) is 21.9. The van der Waals surface area contributed by atoms with Crippen LogP contribution in [0.15, 0.2) is 66.7 Å². The third kappa shape index (κ3) is 2.71. The second kappa shape index (κ2) is 7.06. The molecule has 0 radical (unpaired) electrons. The zero-order valence-corrected chi connectivity index (χ0v) is 17.2. The summed E-state index contributed by atoms with van der Waals surface area (Å²) < 4.78 is 4.27. The number of fused-ring (bicyclic) bond motifs is 6. The first kappa shape index (κ1) is 18.5. The molecule has 4 heteroatoms. The summed E-state index contributed by atoms with van der Waals surface area (Å²) in [6.07, 6.45) is 2.74. The highest BCUT2D eigenvalue weighted by Gasteiger charge is 2.23. The van der Waals surface area contributed by atoms with E-state index in [4.69, 9.17) is 0 Å². The molecule has 1 N–H and O–H groups in total. The molecule has 4 nitrogen and oxygen atoms in total. The van der Waals surface area contributed by atoms with Gasteiger partial charge in [-0.15, -0.1) is 0 Å². The van der Waals surface area contributed by atoms with E-state index in [2.05, 4.69) is 34.4 Å². The van der Waals surface area contributed by atoms with Gasteiger partial charge in [0.25, 0.3) is 0 Å². The molecule has 0 aliphatic heterocycles. The summed E-state index contributed by atoms with van der Waals surface area (Å²) >= 11 is 0. The molecule has 1 aliphatic rings. The Bertz CT molecular complexity index is 1420. The first-order valence-electron chi connectivity index (χ1n) is 10.3. The van der Waals surface area contributed by atoms with Gasteiger partial charge >= 0.3 is 0 Å². The number of hydrogen-bond acceptors (Lipinski definition) is 2. The van der Waals surface area contributed by atoms with Gasteiger partial charge in [0.15, 0.2) is 5.78 Å². The normalized spacial score (nSPS) is 13.5. The van der Waals surface area contributed by atoms with Gasteiger partial charge in [-0.2, -0.15) is 0 Å². The highest BCUT2D eigenvalue weighted by molar-refractivity contribution is 6.11. The van der Waals surface area contributed by atoms with E-state index in [1.54, 1.807) is 6.07 Å². The number of aromatic hydroxyl groups is 1. The number of Topliss-reactive ketones (excluding diaryl/α,β-unsaturated/α-hetero) is 1. The van der Waals surface area contributed by atoms with E-state index in [0.29, 0.717) is 18.0 Å². The van der Waals surface area contributed by atoms with E-state index in [1.807, 2.05) is 49.5 Å². The Balaban J connectivity index is 0.000000128. The van der Waals surface area contributed by atoms with Crippen molar-refractivity contribution < 1.29 is 9.90 Å². The van der Waals surface area contributed by atoms with Crippen molar-refractivity contribution in [2.75, 3.05) is 0 Å². The maximum atomic E-state index is 11.9. The first-order chi connectivity index (χ1) is 14.6. The number of hydrogen-bond donors (Lipinski definition) is 1. The first-order valence-corrected chi connectivity index (χ1v) is 10.3. The third-order valence-electron chi connectivity index (χ3n) is 6.24. The number of nitrogens with zero attached hydrogens (tertiary/aromatic N) is 2. The number of carbonyl (C=O) groups is 1. The van der Waals surface area contributed by atoms with E-state index in [0.717, 1.165) is 45.6 Å². The summed E-state index contributed by atoms with van der Waals surface area (Å²) in [5.41, 5.74) is 5.58. The molecule has 30 heavy (non-hydrogen) atoms. The van der Waals surface area contributed by atoms with Gasteiger partial charge in [0.1, 0.15) is 5.75 Å². The lowest BCUT2D eigenvalue weighted by Gasteiger charge is -2.11. The van der Waals surface area contributed by atoms with Crippen molar-refractivity contribution in [2.24, 2.45) is 14.1 Å². The van der Waals surface area contributed by atoms with Crippen LogP contribution in [-0.2, 0) is 20.5 Å². The fraction of sp³-hybridized carbons (Fsp3) is 0.192. The zero-order valence-electron chi connectivity index (χ0n) is 17.2.